The van der Waals surface area contributed by atoms with Gasteiger partial charge in [0.05, 0.1) is 13.2 Å². The van der Waals surface area contributed by atoms with E-state index in [0.717, 1.165) is 6.54 Å². The SMILES string of the molecule is COCc1ccc(CNCCO)s1. The summed E-state index contributed by atoms with van der Waals surface area (Å²) in [5.41, 5.74) is 0. The normalized spacial score (nSPS) is 10.6. The quantitative estimate of drug-likeness (QED) is 0.674. The van der Waals surface area contributed by atoms with Crippen LogP contribution in [0.1, 0.15) is 9.75 Å². The van der Waals surface area contributed by atoms with Crippen LogP contribution in [0.25, 0.3) is 0 Å². The molecule has 1 heterocycles. The predicted molar refractivity (Wildman–Crippen MR) is 53.8 cm³/mol. The van der Waals surface area contributed by atoms with Gasteiger partial charge in [0.2, 0.25) is 0 Å². The standard InChI is InChI=1S/C9H15NO2S/c1-12-7-9-3-2-8(13-9)6-10-4-5-11/h2-3,10-11H,4-7H2,1H3. The fourth-order valence-corrected chi connectivity index (χ4v) is 1.99. The molecule has 1 rings (SSSR count). The smallest absolute Gasteiger partial charge is 0.0805 e. The lowest BCUT2D eigenvalue weighted by Gasteiger charge is -1.98. The lowest BCUT2D eigenvalue weighted by Crippen LogP contribution is -2.16. The van der Waals surface area contributed by atoms with E-state index >= 15 is 0 Å². The van der Waals surface area contributed by atoms with E-state index in [2.05, 4.69) is 17.4 Å². The van der Waals surface area contributed by atoms with Crippen LogP contribution in [0.15, 0.2) is 12.1 Å². The molecule has 0 aromatic carbocycles. The monoisotopic (exact) mass is 201 g/mol. The van der Waals surface area contributed by atoms with Gasteiger partial charge >= 0.3 is 0 Å². The van der Waals surface area contributed by atoms with Gasteiger partial charge in [-0.2, -0.15) is 0 Å². The Morgan fingerprint density at radius 3 is 2.92 bits per heavy atom. The molecule has 2 N–H and O–H groups in total. The molecule has 1 aromatic rings. The van der Waals surface area contributed by atoms with Crippen LogP contribution in [0.3, 0.4) is 0 Å². The average molecular weight is 201 g/mol. The maximum Gasteiger partial charge on any atom is 0.0805 e. The first-order valence-corrected chi connectivity index (χ1v) is 5.06. The summed E-state index contributed by atoms with van der Waals surface area (Å²) in [5, 5.41) is 11.7. The Morgan fingerprint density at radius 1 is 1.46 bits per heavy atom. The first-order valence-electron chi connectivity index (χ1n) is 4.25. The second kappa shape index (κ2) is 6.10. The van der Waals surface area contributed by atoms with Gasteiger partial charge < -0.3 is 15.2 Å². The topological polar surface area (TPSA) is 41.5 Å². The molecular weight excluding hydrogens is 186 g/mol. The molecule has 0 fully saturated rings. The summed E-state index contributed by atoms with van der Waals surface area (Å²) < 4.78 is 5.02. The highest BCUT2D eigenvalue weighted by atomic mass is 32.1. The van der Waals surface area contributed by atoms with Crippen LogP contribution in [-0.2, 0) is 17.9 Å². The molecule has 0 unspecified atom stereocenters. The molecule has 0 saturated carbocycles. The van der Waals surface area contributed by atoms with E-state index in [1.165, 1.54) is 9.75 Å². The number of methoxy groups -OCH3 is 1. The Morgan fingerprint density at radius 2 is 2.23 bits per heavy atom. The predicted octanol–water partition coefficient (Wildman–Crippen LogP) is 0.976. The van der Waals surface area contributed by atoms with Crippen molar-refractivity contribution in [3.05, 3.63) is 21.9 Å². The maximum atomic E-state index is 8.55. The summed E-state index contributed by atoms with van der Waals surface area (Å²) >= 11 is 1.74. The molecule has 0 aliphatic carbocycles. The molecule has 0 amide bonds. The second-order valence-electron chi connectivity index (χ2n) is 2.70. The van der Waals surface area contributed by atoms with Gasteiger partial charge in [-0.25, -0.2) is 0 Å². The van der Waals surface area contributed by atoms with Crippen molar-refractivity contribution >= 4 is 11.3 Å². The zero-order valence-electron chi connectivity index (χ0n) is 7.75. The van der Waals surface area contributed by atoms with E-state index in [9.17, 15) is 0 Å². The Kier molecular flexibility index (Phi) is 5.00. The van der Waals surface area contributed by atoms with Crippen molar-refractivity contribution in [1.82, 2.24) is 5.32 Å². The minimum absolute atomic E-state index is 0.191. The number of thiophene rings is 1. The van der Waals surface area contributed by atoms with E-state index in [1.807, 2.05) is 0 Å². The Balaban J connectivity index is 2.31. The Hall–Kier alpha value is -0.420. The van der Waals surface area contributed by atoms with E-state index in [0.29, 0.717) is 13.2 Å². The van der Waals surface area contributed by atoms with Crippen molar-refractivity contribution in [3.8, 4) is 0 Å². The van der Waals surface area contributed by atoms with E-state index in [4.69, 9.17) is 9.84 Å². The van der Waals surface area contributed by atoms with Crippen LogP contribution in [0.4, 0.5) is 0 Å². The second-order valence-corrected chi connectivity index (χ2v) is 3.95. The fraction of sp³-hybridized carbons (Fsp3) is 0.556. The number of ether oxygens (including phenoxy) is 1. The summed E-state index contributed by atoms with van der Waals surface area (Å²) in [6.07, 6.45) is 0. The van der Waals surface area contributed by atoms with Gasteiger partial charge in [-0.3, -0.25) is 0 Å². The van der Waals surface area contributed by atoms with Crippen molar-refractivity contribution < 1.29 is 9.84 Å². The number of hydrogen-bond acceptors (Lipinski definition) is 4. The van der Waals surface area contributed by atoms with Gasteiger partial charge in [-0.1, -0.05) is 0 Å². The number of aliphatic hydroxyl groups is 1. The molecule has 0 spiro atoms. The van der Waals surface area contributed by atoms with Crippen molar-refractivity contribution in [2.45, 2.75) is 13.2 Å². The zero-order valence-corrected chi connectivity index (χ0v) is 8.56. The van der Waals surface area contributed by atoms with Crippen molar-refractivity contribution in [3.63, 3.8) is 0 Å². The molecule has 74 valence electrons. The van der Waals surface area contributed by atoms with Crippen LogP contribution in [-0.4, -0.2) is 25.4 Å². The van der Waals surface area contributed by atoms with E-state index < -0.39 is 0 Å². The minimum Gasteiger partial charge on any atom is -0.395 e. The molecule has 0 aliphatic rings. The molecule has 4 heteroatoms. The van der Waals surface area contributed by atoms with Gasteiger partial charge in [0.1, 0.15) is 0 Å². The van der Waals surface area contributed by atoms with Gasteiger partial charge in [0.25, 0.3) is 0 Å². The molecule has 0 bridgehead atoms. The first-order chi connectivity index (χ1) is 6.36. The van der Waals surface area contributed by atoms with Crippen LogP contribution in [0.2, 0.25) is 0 Å². The van der Waals surface area contributed by atoms with Crippen molar-refractivity contribution in [2.75, 3.05) is 20.3 Å². The molecule has 0 radical (unpaired) electrons. The van der Waals surface area contributed by atoms with Crippen LogP contribution >= 0.6 is 11.3 Å². The van der Waals surface area contributed by atoms with Gasteiger partial charge in [0, 0.05) is 30.0 Å². The fourth-order valence-electron chi connectivity index (χ4n) is 1.03. The molecule has 0 saturated heterocycles. The highest BCUT2D eigenvalue weighted by molar-refractivity contribution is 7.11. The third-order valence-corrected chi connectivity index (χ3v) is 2.65. The molecule has 3 nitrogen and oxygen atoms in total. The van der Waals surface area contributed by atoms with Crippen molar-refractivity contribution in [1.29, 1.82) is 0 Å². The Bertz CT molecular complexity index is 237. The van der Waals surface area contributed by atoms with Gasteiger partial charge in [-0.15, -0.1) is 11.3 Å². The highest BCUT2D eigenvalue weighted by Gasteiger charge is 1.98. The van der Waals surface area contributed by atoms with Crippen LogP contribution < -0.4 is 5.32 Å². The summed E-state index contributed by atoms with van der Waals surface area (Å²) in [5.74, 6) is 0. The van der Waals surface area contributed by atoms with E-state index in [-0.39, 0.29) is 6.61 Å². The summed E-state index contributed by atoms with van der Waals surface area (Å²) in [6, 6.07) is 4.16. The largest absolute Gasteiger partial charge is 0.395 e. The summed E-state index contributed by atoms with van der Waals surface area (Å²) in [6.45, 7) is 2.35. The number of rotatable bonds is 6. The number of aliphatic hydroxyl groups excluding tert-OH is 1. The molecule has 1 aromatic heterocycles. The highest BCUT2D eigenvalue weighted by Crippen LogP contribution is 2.16. The lowest BCUT2D eigenvalue weighted by atomic mass is 10.4. The van der Waals surface area contributed by atoms with Gasteiger partial charge in [0.15, 0.2) is 0 Å². The van der Waals surface area contributed by atoms with Gasteiger partial charge in [-0.05, 0) is 12.1 Å². The molecular formula is C9H15NO2S. The minimum atomic E-state index is 0.191. The number of hydrogen-bond donors (Lipinski definition) is 2. The van der Waals surface area contributed by atoms with E-state index in [1.54, 1.807) is 18.4 Å². The summed E-state index contributed by atoms with van der Waals surface area (Å²) in [4.78, 5) is 2.52. The van der Waals surface area contributed by atoms with Crippen LogP contribution in [0.5, 0.6) is 0 Å². The average Bonchev–Trinajstić information content (AvgIpc) is 2.54. The maximum absolute atomic E-state index is 8.55. The molecule has 0 aliphatic heterocycles. The third kappa shape index (κ3) is 3.87. The zero-order chi connectivity index (χ0) is 9.52. The lowest BCUT2D eigenvalue weighted by molar-refractivity contribution is 0.187. The van der Waals surface area contributed by atoms with Crippen molar-refractivity contribution in [2.24, 2.45) is 0 Å². The molecule has 0 atom stereocenters. The summed E-state index contributed by atoms with van der Waals surface area (Å²) in [7, 11) is 1.70. The Labute approximate surface area is 82.4 Å². The molecule has 13 heavy (non-hydrogen) atoms. The first kappa shape index (κ1) is 10.7. The third-order valence-electron chi connectivity index (χ3n) is 1.59. The number of nitrogens with one attached hydrogen (secondary N) is 1. The van der Waals surface area contributed by atoms with Crippen LogP contribution in [0, 0.1) is 0 Å².